The predicted molar refractivity (Wildman–Crippen MR) is 97.1 cm³/mol. The van der Waals surface area contributed by atoms with Crippen molar-refractivity contribution in [3.05, 3.63) is 59.0 Å². The van der Waals surface area contributed by atoms with E-state index in [9.17, 15) is 14.0 Å². The van der Waals surface area contributed by atoms with Gasteiger partial charge in [0.2, 0.25) is 0 Å². The largest absolute Gasteiger partial charge is 0.479 e. The Morgan fingerprint density at radius 3 is 2.41 bits per heavy atom. The summed E-state index contributed by atoms with van der Waals surface area (Å²) in [5.41, 5.74) is 1.08. The van der Waals surface area contributed by atoms with Crippen LogP contribution in [0.4, 0.5) is 4.39 Å². The molecule has 1 heterocycles. The van der Waals surface area contributed by atoms with Crippen molar-refractivity contribution >= 4 is 34.4 Å². The van der Waals surface area contributed by atoms with Crippen LogP contribution < -0.4 is 4.74 Å². The molecule has 0 radical (unpaired) electrons. The third kappa shape index (κ3) is 3.59. The Balaban J connectivity index is 2.30. The Morgan fingerprint density at radius 1 is 1.07 bits per heavy atom. The number of carbonyl (C=O) groups is 2. The van der Waals surface area contributed by atoms with Gasteiger partial charge in [0, 0.05) is 16.1 Å². The normalized spacial score (nSPS) is 10.7. The quantitative estimate of drug-likeness (QED) is 0.619. The van der Waals surface area contributed by atoms with E-state index in [0.717, 1.165) is 0 Å². The summed E-state index contributed by atoms with van der Waals surface area (Å²) >= 11 is 6.12. The fraction of sp³-hybridized carbons (Fsp3) is 0.158. The zero-order valence-electron chi connectivity index (χ0n) is 14.5. The second-order valence-corrected chi connectivity index (χ2v) is 5.94. The van der Waals surface area contributed by atoms with E-state index in [1.165, 1.54) is 38.5 Å². The number of halogens is 2. The second-order valence-electron chi connectivity index (χ2n) is 5.51. The highest BCUT2D eigenvalue weighted by Gasteiger charge is 2.27. The van der Waals surface area contributed by atoms with E-state index >= 15 is 0 Å². The van der Waals surface area contributed by atoms with Crippen LogP contribution in [0.2, 0.25) is 5.02 Å². The van der Waals surface area contributed by atoms with Crippen molar-refractivity contribution in [3.8, 4) is 11.4 Å². The number of ether oxygens (including phenoxy) is 3. The van der Waals surface area contributed by atoms with Crippen LogP contribution >= 0.6 is 11.6 Å². The number of hydrogen-bond acceptors (Lipinski definition) is 5. The predicted octanol–water partition coefficient (Wildman–Crippen LogP) is 3.76. The molecule has 0 spiro atoms. The standard InChI is InChI=1S/C19H15ClFNO5/c1-25-16(23)10-27-18-14-8-3-11(20)9-15(14)22(17(18)19(24)26-2)13-6-4-12(21)5-7-13/h3-9H,10H2,1-2H3. The van der Waals surface area contributed by atoms with E-state index in [1.807, 2.05) is 0 Å². The Kier molecular flexibility index (Phi) is 5.32. The van der Waals surface area contributed by atoms with E-state index in [1.54, 1.807) is 22.8 Å². The third-order valence-electron chi connectivity index (χ3n) is 3.91. The molecule has 0 saturated carbocycles. The SMILES string of the molecule is COC(=O)COc1c(C(=O)OC)n(-c2ccc(F)cc2)c2cc(Cl)ccc12. The van der Waals surface area contributed by atoms with Gasteiger partial charge in [0.25, 0.3) is 0 Å². The Labute approximate surface area is 159 Å². The number of esters is 2. The molecule has 8 heteroatoms. The van der Waals surface area contributed by atoms with Crippen LogP contribution in [0.3, 0.4) is 0 Å². The molecule has 1 aromatic heterocycles. The summed E-state index contributed by atoms with van der Waals surface area (Å²) in [7, 11) is 2.46. The molecule has 27 heavy (non-hydrogen) atoms. The van der Waals surface area contributed by atoms with Gasteiger partial charge in [-0.05, 0) is 42.5 Å². The van der Waals surface area contributed by atoms with Gasteiger partial charge in [-0.1, -0.05) is 11.6 Å². The lowest BCUT2D eigenvalue weighted by molar-refractivity contribution is -0.142. The number of nitrogens with zero attached hydrogens (tertiary/aromatic N) is 1. The number of methoxy groups -OCH3 is 2. The molecule has 140 valence electrons. The molecule has 0 amide bonds. The van der Waals surface area contributed by atoms with Crippen LogP contribution in [0.15, 0.2) is 42.5 Å². The minimum Gasteiger partial charge on any atom is -0.479 e. The summed E-state index contributed by atoms with van der Waals surface area (Å²) < 4.78 is 30.0. The van der Waals surface area contributed by atoms with Gasteiger partial charge in [-0.3, -0.25) is 0 Å². The molecule has 2 aromatic carbocycles. The van der Waals surface area contributed by atoms with Gasteiger partial charge in [-0.25, -0.2) is 14.0 Å². The summed E-state index contributed by atoms with van der Waals surface area (Å²) in [5.74, 6) is -1.58. The summed E-state index contributed by atoms with van der Waals surface area (Å²) in [6.45, 7) is -0.397. The number of rotatable bonds is 5. The average Bonchev–Trinajstić information content (AvgIpc) is 2.99. The van der Waals surface area contributed by atoms with E-state index in [-0.39, 0.29) is 11.4 Å². The molecule has 0 aliphatic heterocycles. The van der Waals surface area contributed by atoms with Gasteiger partial charge >= 0.3 is 11.9 Å². The average molecular weight is 392 g/mol. The molecule has 0 N–H and O–H groups in total. The molecule has 3 rings (SSSR count). The second kappa shape index (κ2) is 7.67. The number of hydrogen-bond donors (Lipinski definition) is 0. The number of carbonyl (C=O) groups excluding carboxylic acids is 2. The lowest BCUT2D eigenvalue weighted by atomic mass is 10.2. The van der Waals surface area contributed by atoms with Crippen molar-refractivity contribution in [3.63, 3.8) is 0 Å². The maximum absolute atomic E-state index is 13.4. The zero-order valence-corrected chi connectivity index (χ0v) is 15.2. The molecule has 0 atom stereocenters. The molecule has 6 nitrogen and oxygen atoms in total. The van der Waals surface area contributed by atoms with Crippen LogP contribution in [-0.4, -0.2) is 37.3 Å². The van der Waals surface area contributed by atoms with Crippen LogP contribution in [0, 0.1) is 5.82 Å². The van der Waals surface area contributed by atoms with Gasteiger partial charge in [-0.2, -0.15) is 0 Å². The van der Waals surface area contributed by atoms with E-state index in [4.69, 9.17) is 21.1 Å². The minimum atomic E-state index is -0.688. The fourth-order valence-electron chi connectivity index (χ4n) is 2.71. The highest BCUT2D eigenvalue weighted by molar-refractivity contribution is 6.31. The van der Waals surface area contributed by atoms with Gasteiger partial charge in [-0.15, -0.1) is 0 Å². The van der Waals surface area contributed by atoms with Crippen LogP contribution in [-0.2, 0) is 14.3 Å². The first-order valence-corrected chi connectivity index (χ1v) is 8.22. The first-order valence-electron chi connectivity index (χ1n) is 7.84. The Morgan fingerprint density at radius 2 is 1.78 bits per heavy atom. The smallest absolute Gasteiger partial charge is 0.358 e. The van der Waals surface area contributed by atoms with E-state index < -0.39 is 24.4 Å². The molecule has 0 fully saturated rings. The van der Waals surface area contributed by atoms with Crippen molar-refractivity contribution in [2.24, 2.45) is 0 Å². The van der Waals surface area contributed by atoms with Crippen LogP contribution in [0.1, 0.15) is 10.5 Å². The van der Waals surface area contributed by atoms with E-state index in [0.29, 0.717) is 21.6 Å². The lowest BCUT2D eigenvalue weighted by Crippen LogP contribution is -2.16. The molecule has 3 aromatic rings. The molecule has 0 aliphatic carbocycles. The van der Waals surface area contributed by atoms with E-state index in [2.05, 4.69) is 4.74 Å². The maximum Gasteiger partial charge on any atom is 0.358 e. The van der Waals surface area contributed by atoms with Crippen LogP contribution in [0.5, 0.6) is 5.75 Å². The molecule has 0 unspecified atom stereocenters. The highest BCUT2D eigenvalue weighted by Crippen LogP contribution is 2.37. The van der Waals surface area contributed by atoms with Gasteiger partial charge in [0.1, 0.15) is 5.82 Å². The Hall–Kier alpha value is -3.06. The summed E-state index contributed by atoms with van der Waals surface area (Å²) in [6.07, 6.45) is 0. The Bertz CT molecular complexity index is 1010. The summed E-state index contributed by atoms with van der Waals surface area (Å²) in [5, 5.41) is 0.965. The lowest BCUT2D eigenvalue weighted by Gasteiger charge is -2.11. The molecular weight excluding hydrogens is 377 g/mol. The molecule has 0 saturated heterocycles. The number of fused-ring (bicyclic) bond motifs is 1. The maximum atomic E-state index is 13.4. The molecular formula is C19H15ClFNO5. The van der Waals surface area contributed by atoms with Crippen molar-refractivity contribution in [2.45, 2.75) is 0 Å². The molecule has 0 aliphatic rings. The highest BCUT2D eigenvalue weighted by atomic mass is 35.5. The monoisotopic (exact) mass is 391 g/mol. The van der Waals surface area contributed by atoms with Gasteiger partial charge in [0.05, 0.1) is 19.7 Å². The summed E-state index contributed by atoms with van der Waals surface area (Å²) in [6, 6.07) is 10.5. The van der Waals surface area contributed by atoms with Gasteiger partial charge < -0.3 is 18.8 Å². The topological polar surface area (TPSA) is 66.8 Å². The number of benzene rings is 2. The van der Waals surface area contributed by atoms with Crippen molar-refractivity contribution in [1.82, 2.24) is 4.57 Å². The fourth-order valence-corrected chi connectivity index (χ4v) is 2.87. The first-order chi connectivity index (χ1) is 13.0. The first kappa shape index (κ1) is 18.7. The van der Waals surface area contributed by atoms with Crippen LogP contribution in [0.25, 0.3) is 16.6 Å². The molecule has 0 bridgehead atoms. The summed E-state index contributed by atoms with van der Waals surface area (Å²) in [4.78, 5) is 24.0. The van der Waals surface area contributed by atoms with Crippen molar-refractivity contribution in [1.29, 1.82) is 0 Å². The minimum absolute atomic E-state index is 0.0466. The van der Waals surface area contributed by atoms with Gasteiger partial charge in [0.15, 0.2) is 18.1 Å². The third-order valence-corrected chi connectivity index (χ3v) is 4.14. The van der Waals surface area contributed by atoms with Crippen molar-refractivity contribution in [2.75, 3.05) is 20.8 Å². The number of aromatic nitrogens is 1. The zero-order chi connectivity index (χ0) is 19.6. The van der Waals surface area contributed by atoms with Crippen molar-refractivity contribution < 1.29 is 28.2 Å².